The van der Waals surface area contributed by atoms with E-state index in [0.717, 1.165) is 33.9 Å². The minimum atomic E-state index is -0.0685. The van der Waals surface area contributed by atoms with Gasteiger partial charge in [-0.3, -0.25) is 9.69 Å². The third-order valence-electron chi connectivity index (χ3n) is 5.77. The number of para-hydroxylation sites is 1. The fraction of sp³-hybridized carbons (Fsp3) is 0.192. The van der Waals surface area contributed by atoms with E-state index in [4.69, 9.17) is 18.6 Å². The zero-order valence-electron chi connectivity index (χ0n) is 18.0. The molecular formula is C26H23NO5. The fourth-order valence-corrected chi connectivity index (χ4v) is 4.10. The highest BCUT2D eigenvalue weighted by molar-refractivity contribution is 5.85. The van der Waals surface area contributed by atoms with E-state index in [1.165, 1.54) is 6.26 Å². The number of rotatable bonds is 5. The van der Waals surface area contributed by atoms with E-state index in [-0.39, 0.29) is 5.43 Å². The van der Waals surface area contributed by atoms with Crippen LogP contribution in [-0.4, -0.2) is 25.9 Å². The molecule has 0 amide bonds. The topological polar surface area (TPSA) is 61.1 Å². The molecule has 0 atom stereocenters. The Bertz CT molecular complexity index is 1330. The molecule has 0 N–H and O–H groups in total. The SMILES string of the molecule is COc1ccc(-c2coc3c4c(ccc3c2=O)OCN(Cc2ccccc2OC)C4)cc1. The predicted molar refractivity (Wildman–Crippen MR) is 122 cm³/mol. The molecule has 32 heavy (non-hydrogen) atoms. The van der Waals surface area contributed by atoms with Gasteiger partial charge in [0.25, 0.3) is 0 Å². The summed E-state index contributed by atoms with van der Waals surface area (Å²) in [6.07, 6.45) is 1.53. The molecule has 0 saturated heterocycles. The highest BCUT2D eigenvalue weighted by Gasteiger charge is 2.23. The summed E-state index contributed by atoms with van der Waals surface area (Å²) >= 11 is 0. The monoisotopic (exact) mass is 429 g/mol. The molecule has 162 valence electrons. The predicted octanol–water partition coefficient (Wildman–Crippen LogP) is 4.83. The van der Waals surface area contributed by atoms with Crippen LogP contribution in [0.2, 0.25) is 0 Å². The molecule has 0 saturated carbocycles. The van der Waals surface area contributed by atoms with Crippen molar-refractivity contribution in [3.63, 3.8) is 0 Å². The Morgan fingerprint density at radius 2 is 1.78 bits per heavy atom. The molecule has 6 nitrogen and oxygen atoms in total. The Labute approximate surface area is 185 Å². The van der Waals surface area contributed by atoms with Gasteiger partial charge in [0.15, 0.2) is 0 Å². The second kappa shape index (κ2) is 8.40. The minimum Gasteiger partial charge on any atom is -0.497 e. The van der Waals surface area contributed by atoms with Crippen LogP contribution in [0.3, 0.4) is 0 Å². The molecule has 6 heteroatoms. The molecule has 1 aromatic heterocycles. The molecule has 3 aromatic carbocycles. The van der Waals surface area contributed by atoms with Crippen LogP contribution in [0, 0.1) is 0 Å². The first-order valence-electron chi connectivity index (χ1n) is 10.4. The van der Waals surface area contributed by atoms with Gasteiger partial charge in [0.1, 0.15) is 35.8 Å². The van der Waals surface area contributed by atoms with E-state index in [1.807, 2.05) is 54.6 Å². The molecule has 0 bridgehead atoms. The number of ether oxygens (including phenoxy) is 3. The minimum absolute atomic E-state index is 0.0685. The van der Waals surface area contributed by atoms with Gasteiger partial charge in [-0.25, -0.2) is 0 Å². The zero-order chi connectivity index (χ0) is 22.1. The molecule has 0 fully saturated rings. The van der Waals surface area contributed by atoms with Crippen LogP contribution in [0.25, 0.3) is 22.1 Å². The standard InChI is InChI=1S/C26H23NO5/c1-29-19-9-7-17(8-10-19)22-15-31-26-20(25(22)28)11-12-24-21(26)14-27(16-32-24)13-18-5-3-4-6-23(18)30-2/h3-12,15H,13-14,16H2,1-2H3. The molecule has 4 aromatic rings. The third-order valence-corrected chi connectivity index (χ3v) is 5.77. The summed E-state index contributed by atoms with van der Waals surface area (Å²) in [6, 6.07) is 18.9. The van der Waals surface area contributed by atoms with Crippen LogP contribution in [0.15, 0.2) is 76.1 Å². The van der Waals surface area contributed by atoms with Gasteiger partial charge in [-0.15, -0.1) is 0 Å². The average Bonchev–Trinajstić information content (AvgIpc) is 2.84. The second-order valence-corrected chi connectivity index (χ2v) is 7.70. The molecule has 0 radical (unpaired) electrons. The van der Waals surface area contributed by atoms with E-state index >= 15 is 0 Å². The molecule has 0 aliphatic carbocycles. The Balaban J connectivity index is 1.49. The summed E-state index contributed by atoms with van der Waals surface area (Å²) < 4.78 is 22.7. The molecule has 0 unspecified atom stereocenters. The maximum atomic E-state index is 13.3. The maximum Gasteiger partial charge on any atom is 0.200 e. The number of hydrogen-bond donors (Lipinski definition) is 0. The van der Waals surface area contributed by atoms with E-state index in [9.17, 15) is 4.79 Å². The Morgan fingerprint density at radius 3 is 2.56 bits per heavy atom. The largest absolute Gasteiger partial charge is 0.497 e. The van der Waals surface area contributed by atoms with E-state index in [1.54, 1.807) is 20.3 Å². The Hall–Kier alpha value is -3.77. The van der Waals surface area contributed by atoms with Gasteiger partial charge in [0, 0.05) is 18.7 Å². The van der Waals surface area contributed by atoms with Gasteiger partial charge in [0.2, 0.25) is 5.43 Å². The summed E-state index contributed by atoms with van der Waals surface area (Å²) in [5, 5.41) is 0.541. The van der Waals surface area contributed by atoms with Crippen LogP contribution in [-0.2, 0) is 13.1 Å². The number of hydrogen-bond acceptors (Lipinski definition) is 6. The van der Waals surface area contributed by atoms with Crippen molar-refractivity contribution < 1.29 is 18.6 Å². The van der Waals surface area contributed by atoms with Crippen molar-refractivity contribution >= 4 is 11.0 Å². The molecule has 0 spiro atoms. The zero-order valence-corrected chi connectivity index (χ0v) is 18.0. The summed E-state index contributed by atoms with van der Waals surface area (Å²) in [6.45, 7) is 1.72. The van der Waals surface area contributed by atoms with Gasteiger partial charge in [-0.2, -0.15) is 0 Å². The quantitative estimate of drug-likeness (QED) is 0.453. The molecular weight excluding hydrogens is 406 g/mol. The van der Waals surface area contributed by atoms with Crippen molar-refractivity contribution in [1.29, 1.82) is 0 Å². The first kappa shape index (κ1) is 20.2. The van der Waals surface area contributed by atoms with Gasteiger partial charge in [-0.05, 0) is 35.9 Å². The average molecular weight is 429 g/mol. The number of nitrogens with zero attached hydrogens (tertiary/aromatic N) is 1. The van der Waals surface area contributed by atoms with Crippen LogP contribution in [0.1, 0.15) is 11.1 Å². The van der Waals surface area contributed by atoms with Crippen LogP contribution >= 0.6 is 0 Å². The first-order valence-corrected chi connectivity index (χ1v) is 10.4. The fourth-order valence-electron chi connectivity index (χ4n) is 4.10. The van der Waals surface area contributed by atoms with Gasteiger partial charge in [0.05, 0.1) is 30.7 Å². The first-order chi connectivity index (χ1) is 15.7. The van der Waals surface area contributed by atoms with Crippen LogP contribution < -0.4 is 19.6 Å². The molecule has 2 heterocycles. The van der Waals surface area contributed by atoms with Crippen molar-refractivity contribution in [3.8, 4) is 28.4 Å². The lowest BCUT2D eigenvalue weighted by atomic mass is 10.0. The smallest absolute Gasteiger partial charge is 0.200 e. The lowest BCUT2D eigenvalue weighted by Crippen LogP contribution is -2.32. The van der Waals surface area contributed by atoms with Crippen molar-refractivity contribution in [2.45, 2.75) is 13.1 Å². The number of fused-ring (bicyclic) bond motifs is 3. The van der Waals surface area contributed by atoms with Gasteiger partial charge < -0.3 is 18.6 Å². The molecule has 1 aliphatic heterocycles. The van der Waals surface area contributed by atoms with Crippen molar-refractivity contribution in [2.24, 2.45) is 0 Å². The highest BCUT2D eigenvalue weighted by Crippen LogP contribution is 2.33. The molecule has 5 rings (SSSR count). The van der Waals surface area contributed by atoms with Crippen molar-refractivity contribution in [3.05, 3.63) is 88.3 Å². The normalized spacial score (nSPS) is 13.4. The Morgan fingerprint density at radius 1 is 0.969 bits per heavy atom. The highest BCUT2D eigenvalue weighted by atomic mass is 16.5. The van der Waals surface area contributed by atoms with Crippen molar-refractivity contribution in [2.75, 3.05) is 21.0 Å². The summed E-state index contributed by atoms with van der Waals surface area (Å²) in [5.41, 5.74) is 3.75. The lowest BCUT2D eigenvalue weighted by molar-refractivity contribution is 0.0882. The van der Waals surface area contributed by atoms with E-state index in [0.29, 0.717) is 36.4 Å². The Kier molecular flexibility index (Phi) is 5.29. The summed E-state index contributed by atoms with van der Waals surface area (Å²) in [5.74, 6) is 2.32. The van der Waals surface area contributed by atoms with E-state index < -0.39 is 0 Å². The van der Waals surface area contributed by atoms with Crippen LogP contribution in [0.5, 0.6) is 17.2 Å². The summed E-state index contributed by atoms with van der Waals surface area (Å²) in [4.78, 5) is 15.4. The molecule has 1 aliphatic rings. The third kappa shape index (κ3) is 3.59. The van der Waals surface area contributed by atoms with E-state index in [2.05, 4.69) is 4.90 Å². The van der Waals surface area contributed by atoms with Gasteiger partial charge >= 0.3 is 0 Å². The number of benzene rings is 3. The van der Waals surface area contributed by atoms with Crippen molar-refractivity contribution in [1.82, 2.24) is 4.90 Å². The lowest BCUT2D eigenvalue weighted by Gasteiger charge is -2.29. The van der Waals surface area contributed by atoms with Gasteiger partial charge in [-0.1, -0.05) is 30.3 Å². The number of methoxy groups -OCH3 is 2. The van der Waals surface area contributed by atoms with Crippen LogP contribution in [0.4, 0.5) is 0 Å². The maximum absolute atomic E-state index is 13.3. The summed E-state index contributed by atoms with van der Waals surface area (Å²) in [7, 11) is 3.28. The second-order valence-electron chi connectivity index (χ2n) is 7.70.